The van der Waals surface area contributed by atoms with Crippen LogP contribution in [-0.4, -0.2) is 75.8 Å². The molecule has 2 heterocycles. The fourth-order valence-electron chi connectivity index (χ4n) is 4.50. The average Bonchev–Trinajstić information content (AvgIpc) is 3.14. The van der Waals surface area contributed by atoms with Gasteiger partial charge in [-0.1, -0.05) is 12.1 Å². The van der Waals surface area contributed by atoms with Crippen LogP contribution in [-0.2, 0) is 39.0 Å². The summed E-state index contributed by atoms with van der Waals surface area (Å²) < 4.78 is 25.9. The van der Waals surface area contributed by atoms with E-state index in [-0.39, 0.29) is 30.5 Å². The number of piperidine rings is 1. The summed E-state index contributed by atoms with van der Waals surface area (Å²) in [4.78, 5) is 36.4. The third-order valence-electron chi connectivity index (χ3n) is 6.56. The van der Waals surface area contributed by atoms with Crippen molar-refractivity contribution in [2.24, 2.45) is 12.8 Å². The first-order chi connectivity index (χ1) is 17.4. The Hall–Kier alpha value is -2.38. The number of nitrogens with zero attached hydrogens (tertiary/aromatic N) is 3. The molecule has 2 unspecified atom stereocenters. The zero-order chi connectivity index (χ0) is 26.1. The summed E-state index contributed by atoms with van der Waals surface area (Å²) >= 11 is -1.22. The fourth-order valence-corrected chi connectivity index (χ4v) is 5.49. The van der Waals surface area contributed by atoms with Gasteiger partial charge in [-0.3, -0.25) is 13.9 Å². The standard InChI is InChI=1S/C24H38N6O5S/c1-26-22(32)9-8-20(17-31)30-21-7-3-5-18(23(21)28(2)24(30)33)6-4-15-35-16-12-27-36(34)29-13-10-19(25)11-14-29/h3,5,7,17,19-20,27H,4,6,8-16,25H2,1-2H3,(H,26,32). The molecule has 2 aromatic rings. The number of fused-ring (bicyclic) bond motifs is 1. The van der Waals surface area contributed by atoms with E-state index >= 15 is 0 Å². The van der Waals surface area contributed by atoms with Crippen molar-refractivity contribution in [1.29, 1.82) is 0 Å². The van der Waals surface area contributed by atoms with E-state index in [2.05, 4.69) is 10.0 Å². The van der Waals surface area contributed by atoms with Gasteiger partial charge in [0.1, 0.15) is 6.29 Å². The largest absolute Gasteiger partial charge is 0.380 e. The van der Waals surface area contributed by atoms with Gasteiger partial charge in [-0.05, 0) is 43.7 Å². The van der Waals surface area contributed by atoms with E-state index in [1.54, 1.807) is 18.7 Å². The van der Waals surface area contributed by atoms with Gasteiger partial charge in [0.25, 0.3) is 0 Å². The number of carbonyl (C=O) groups excluding carboxylic acids is 2. The lowest BCUT2D eigenvalue weighted by Crippen LogP contribution is -2.44. The van der Waals surface area contributed by atoms with E-state index in [9.17, 15) is 18.6 Å². The van der Waals surface area contributed by atoms with Crippen LogP contribution < -0.4 is 21.5 Å². The highest BCUT2D eigenvalue weighted by atomic mass is 32.2. The first kappa shape index (κ1) is 28.2. The number of hydrogen-bond acceptors (Lipinski definition) is 6. The maximum Gasteiger partial charge on any atom is 0.329 e. The van der Waals surface area contributed by atoms with E-state index in [0.717, 1.165) is 49.7 Å². The van der Waals surface area contributed by atoms with Crippen molar-refractivity contribution in [3.8, 4) is 0 Å². The molecule has 0 saturated carbocycles. The second-order valence-electron chi connectivity index (χ2n) is 9.04. The molecule has 0 spiro atoms. The predicted molar refractivity (Wildman–Crippen MR) is 140 cm³/mol. The molecule has 1 saturated heterocycles. The van der Waals surface area contributed by atoms with Crippen molar-refractivity contribution in [3.63, 3.8) is 0 Å². The predicted octanol–water partition coefficient (Wildman–Crippen LogP) is 0.147. The summed E-state index contributed by atoms with van der Waals surface area (Å²) in [6.07, 6.45) is 4.31. The smallest absolute Gasteiger partial charge is 0.329 e. The van der Waals surface area contributed by atoms with Crippen molar-refractivity contribution in [2.75, 3.05) is 39.9 Å². The molecule has 36 heavy (non-hydrogen) atoms. The van der Waals surface area contributed by atoms with E-state index in [0.29, 0.717) is 31.7 Å². The van der Waals surface area contributed by atoms with Gasteiger partial charge in [0.2, 0.25) is 5.91 Å². The second-order valence-corrected chi connectivity index (χ2v) is 10.3. The van der Waals surface area contributed by atoms with Gasteiger partial charge in [0, 0.05) is 52.8 Å². The van der Waals surface area contributed by atoms with E-state index in [1.807, 2.05) is 22.5 Å². The van der Waals surface area contributed by atoms with Crippen molar-refractivity contribution in [1.82, 2.24) is 23.5 Å². The number of aromatic nitrogens is 2. The van der Waals surface area contributed by atoms with Crippen LogP contribution in [0.15, 0.2) is 23.0 Å². The Morgan fingerprint density at radius 3 is 2.75 bits per heavy atom. The summed E-state index contributed by atoms with van der Waals surface area (Å²) in [6, 6.07) is 5.17. The summed E-state index contributed by atoms with van der Waals surface area (Å²) in [5.41, 5.74) is 8.07. The minimum atomic E-state index is -1.22. The molecule has 1 amide bonds. The Balaban J connectivity index is 1.51. The molecule has 200 valence electrons. The van der Waals surface area contributed by atoms with Crippen molar-refractivity contribution < 1.29 is 18.5 Å². The molecule has 12 heteroatoms. The highest BCUT2D eigenvalue weighted by molar-refractivity contribution is 7.80. The number of nitrogens with two attached hydrogens (primary N) is 1. The molecule has 0 radical (unpaired) electrons. The maximum atomic E-state index is 13.0. The maximum absolute atomic E-state index is 13.0. The number of rotatable bonds is 14. The van der Waals surface area contributed by atoms with Crippen LogP contribution in [0.25, 0.3) is 11.0 Å². The summed E-state index contributed by atoms with van der Waals surface area (Å²) in [7, 11) is 3.24. The van der Waals surface area contributed by atoms with Gasteiger partial charge in [-0.15, -0.1) is 0 Å². The number of para-hydroxylation sites is 1. The lowest BCUT2D eigenvalue weighted by Gasteiger charge is -2.28. The van der Waals surface area contributed by atoms with Gasteiger partial charge >= 0.3 is 5.69 Å². The van der Waals surface area contributed by atoms with Gasteiger partial charge in [0.15, 0.2) is 11.2 Å². The Morgan fingerprint density at radius 1 is 1.31 bits per heavy atom. The van der Waals surface area contributed by atoms with Gasteiger partial charge < -0.3 is 20.6 Å². The van der Waals surface area contributed by atoms with Crippen LogP contribution in [0.1, 0.15) is 43.7 Å². The number of nitrogens with one attached hydrogen (secondary N) is 2. The lowest BCUT2D eigenvalue weighted by molar-refractivity contribution is -0.121. The summed E-state index contributed by atoms with van der Waals surface area (Å²) in [6.45, 7) is 2.94. The molecule has 1 aliphatic rings. The minimum Gasteiger partial charge on any atom is -0.380 e. The normalized spacial score (nSPS) is 16.8. The molecule has 0 bridgehead atoms. The Morgan fingerprint density at radius 2 is 2.06 bits per heavy atom. The number of carbonyl (C=O) groups is 2. The molecule has 1 fully saturated rings. The second kappa shape index (κ2) is 13.8. The third kappa shape index (κ3) is 7.10. The molecule has 11 nitrogen and oxygen atoms in total. The third-order valence-corrected chi connectivity index (χ3v) is 7.85. The van der Waals surface area contributed by atoms with Crippen LogP contribution in [0.2, 0.25) is 0 Å². The van der Waals surface area contributed by atoms with Crippen molar-refractivity contribution in [3.05, 3.63) is 34.2 Å². The van der Waals surface area contributed by atoms with Crippen molar-refractivity contribution >= 4 is 34.4 Å². The number of ether oxygens (including phenoxy) is 1. The molecule has 1 aromatic heterocycles. The molecular formula is C24H38N6O5S. The highest BCUT2D eigenvalue weighted by Gasteiger charge is 2.22. The SMILES string of the molecule is CNC(=O)CCC(C=O)n1c(=O)n(C)c2c(CCCOCCNS(=O)N3CCC(N)CC3)cccc21. The number of aldehydes is 1. The van der Waals surface area contributed by atoms with E-state index < -0.39 is 17.2 Å². The molecule has 4 N–H and O–H groups in total. The first-order valence-electron chi connectivity index (χ1n) is 12.5. The Labute approximate surface area is 214 Å². The van der Waals surface area contributed by atoms with Crippen LogP contribution in [0.4, 0.5) is 0 Å². The fraction of sp³-hybridized carbons (Fsp3) is 0.625. The molecule has 3 rings (SSSR count). The van der Waals surface area contributed by atoms with Crippen LogP contribution in [0.3, 0.4) is 0 Å². The van der Waals surface area contributed by atoms with Crippen molar-refractivity contribution in [2.45, 2.75) is 50.6 Å². The number of aryl methyl sites for hydroxylation is 2. The van der Waals surface area contributed by atoms with Crippen LogP contribution in [0.5, 0.6) is 0 Å². The average molecular weight is 523 g/mol. The summed E-state index contributed by atoms with van der Waals surface area (Å²) in [5, 5.41) is 2.54. The molecule has 2 atom stereocenters. The zero-order valence-corrected chi connectivity index (χ0v) is 21.9. The van der Waals surface area contributed by atoms with Gasteiger partial charge in [-0.25, -0.2) is 18.0 Å². The lowest BCUT2D eigenvalue weighted by atomic mass is 10.1. The Bertz CT molecular complexity index is 1110. The van der Waals surface area contributed by atoms with Crippen LogP contribution in [0, 0.1) is 0 Å². The number of amides is 1. The molecule has 1 aromatic carbocycles. The van der Waals surface area contributed by atoms with E-state index in [1.165, 1.54) is 4.57 Å². The number of imidazole rings is 1. The van der Waals surface area contributed by atoms with E-state index in [4.69, 9.17) is 10.5 Å². The zero-order valence-electron chi connectivity index (χ0n) is 21.1. The van der Waals surface area contributed by atoms with Gasteiger partial charge in [0.05, 0.1) is 23.7 Å². The first-order valence-corrected chi connectivity index (χ1v) is 13.6. The quantitative estimate of drug-likeness (QED) is 0.238. The molecule has 0 aliphatic carbocycles. The van der Waals surface area contributed by atoms with Gasteiger partial charge in [-0.2, -0.15) is 0 Å². The molecule has 1 aliphatic heterocycles. The Kier molecular flexibility index (Phi) is 10.8. The highest BCUT2D eigenvalue weighted by Crippen LogP contribution is 2.23. The van der Waals surface area contributed by atoms with Crippen LogP contribution >= 0.6 is 0 Å². The molecular weight excluding hydrogens is 484 g/mol. The summed E-state index contributed by atoms with van der Waals surface area (Å²) in [5.74, 6) is -0.173. The number of hydrogen-bond donors (Lipinski definition) is 3. The monoisotopic (exact) mass is 522 g/mol. The topological polar surface area (TPSA) is 141 Å². The number of benzene rings is 1. The minimum absolute atomic E-state index is 0.161.